The van der Waals surface area contributed by atoms with Crippen molar-refractivity contribution in [3.05, 3.63) is 64.6 Å². The number of nitrogens with zero attached hydrogens (tertiary/aromatic N) is 2. The number of carbonyl (C=O) groups is 1. The number of carbonyl (C=O) groups excluding carboxylic acids is 1. The molecular weight excluding hydrogens is 380 g/mol. The number of esters is 1. The van der Waals surface area contributed by atoms with Gasteiger partial charge < -0.3 is 9.47 Å². The second-order valence-electron chi connectivity index (χ2n) is 5.79. The Morgan fingerprint density at radius 3 is 2.67 bits per heavy atom. The summed E-state index contributed by atoms with van der Waals surface area (Å²) in [5.41, 5.74) is 2.63. The third kappa shape index (κ3) is 4.15. The summed E-state index contributed by atoms with van der Waals surface area (Å²) < 4.78 is 11.6. The molecule has 136 valence electrons. The van der Waals surface area contributed by atoms with Crippen molar-refractivity contribution in [1.29, 1.82) is 0 Å². The maximum atomic E-state index is 12.1. The first-order valence-corrected chi connectivity index (χ1v) is 10.00. The van der Waals surface area contributed by atoms with Crippen LogP contribution in [0.5, 0.6) is 5.75 Å². The van der Waals surface area contributed by atoms with Crippen LogP contribution in [0.1, 0.15) is 10.7 Å². The number of benzene rings is 2. The molecule has 7 heteroatoms. The van der Waals surface area contributed by atoms with Gasteiger partial charge in [0.1, 0.15) is 22.4 Å². The zero-order chi connectivity index (χ0) is 18.6. The van der Waals surface area contributed by atoms with E-state index in [-0.39, 0.29) is 19.0 Å². The van der Waals surface area contributed by atoms with Crippen molar-refractivity contribution in [2.45, 2.75) is 13.0 Å². The molecule has 2 aromatic heterocycles. The molecule has 0 bridgehead atoms. The van der Waals surface area contributed by atoms with Crippen LogP contribution in [-0.2, 0) is 22.6 Å². The van der Waals surface area contributed by atoms with Gasteiger partial charge in [-0.1, -0.05) is 12.1 Å². The predicted molar refractivity (Wildman–Crippen MR) is 107 cm³/mol. The van der Waals surface area contributed by atoms with E-state index in [4.69, 9.17) is 9.47 Å². The summed E-state index contributed by atoms with van der Waals surface area (Å²) in [4.78, 5) is 21.1. The van der Waals surface area contributed by atoms with E-state index < -0.39 is 0 Å². The molecule has 0 aliphatic heterocycles. The van der Waals surface area contributed by atoms with E-state index in [1.54, 1.807) is 7.11 Å². The molecule has 0 amide bonds. The van der Waals surface area contributed by atoms with Crippen LogP contribution in [0.2, 0.25) is 0 Å². The summed E-state index contributed by atoms with van der Waals surface area (Å²) in [6.07, 6.45) is 0.150. The van der Waals surface area contributed by atoms with Crippen LogP contribution < -0.4 is 4.74 Å². The molecule has 4 aromatic rings. The van der Waals surface area contributed by atoms with Gasteiger partial charge in [0.25, 0.3) is 0 Å². The van der Waals surface area contributed by atoms with Crippen LogP contribution in [0.15, 0.2) is 53.9 Å². The van der Waals surface area contributed by atoms with Crippen molar-refractivity contribution in [3.63, 3.8) is 0 Å². The molecule has 0 radical (unpaired) electrons. The number of fused-ring (bicyclic) bond motifs is 1. The summed E-state index contributed by atoms with van der Waals surface area (Å²) in [5, 5.41) is 3.55. The smallest absolute Gasteiger partial charge is 0.312 e. The fraction of sp³-hybridized carbons (Fsp3) is 0.150. The fourth-order valence-electron chi connectivity index (χ4n) is 2.58. The lowest BCUT2D eigenvalue weighted by atomic mass is 10.2. The van der Waals surface area contributed by atoms with Crippen LogP contribution >= 0.6 is 22.7 Å². The summed E-state index contributed by atoms with van der Waals surface area (Å²) in [5.74, 6) is 0.495. The monoisotopic (exact) mass is 396 g/mol. The van der Waals surface area contributed by atoms with Crippen LogP contribution in [0.3, 0.4) is 0 Å². The van der Waals surface area contributed by atoms with Gasteiger partial charge in [0.05, 0.1) is 29.4 Å². The van der Waals surface area contributed by atoms with Crippen LogP contribution in [0, 0.1) is 0 Å². The number of thiazole rings is 2. The Hall–Kier alpha value is -2.77. The minimum absolute atomic E-state index is 0.150. The van der Waals surface area contributed by atoms with Gasteiger partial charge in [-0.25, -0.2) is 9.97 Å². The van der Waals surface area contributed by atoms with Gasteiger partial charge in [0.2, 0.25) is 0 Å². The molecule has 4 rings (SSSR count). The zero-order valence-corrected chi connectivity index (χ0v) is 16.2. The standard InChI is InChI=1S/C20H16N2O3S2/c1-24-15-8-6-13(7-9-15)20-21-14(12-26-20)10-19(23)25-11-18-22-16-4-2-3-5-17(16)27-18/h2-9,12H,10-11H2,1H3. The third-order valence-corrected chi connectivity index (χ3v) is 5.86. The van der Waals surface area contributed by atoms with Crippen molar-refractivity contribution >= 4 is 38.9 Å². The molecule has 2 aromatic carbocycles. The van der Waals surface area contributed by atoms with Gasteiger partial charge in [-0.05, 0) is 36.4 Å². The number of hydrogen-bond donors (Lipinski definition) is 0. The summed E-state index contributed by atoms with van der Waals surface area (Å²) >= 11 is 3.04. The molecule has 0 fully saturated rings. The number of rotatable bonds is 6. The first kappa shape index (κ1) is 17.6. The lowest BCUT2D eigenvalue weighted by Gasteiger charge is -2.01. The lowest BCUT2D eigenvalue weighted by Crippen LogP contribution is -2.08. The van der Waals surface area contributed by atoms with Gasteiger partial charge in [0.15, 0.2) is 0 Å². The number of para-hydroxylation sites is 1. The van der Waals surface area contributed by atoms with E-state index in [2.05, 4.69) is 9.97 Å². The maximum Gasteiger partial charge on any atom is 0.312 e. The zero-order valence-electron chi connectivity index (χ0n) is 14.5. The van der Waals surface area contributed by atoms with E-state index in [1.807, 2.05) is 53.9 Å². The predicted octanol–water partition coefficient (Wildman–Crippen LogP) is 4.71. The lowest BCUT2D eigenvalue weighted by molar-refractivity contribution is -0.144. The quantitative estimate of drug-likeness (QED) is 0.442. The highest BCUT2D eigenvalue weighted by Crippen LogP contribution is 2.26. The van der Waals surface area contributed by atoms with Gasteiger partial charge in [-0.15, -0.1) is 22.7 Å². The van der Waals surface area contributed by atoms with E-state index >= 15 is 0 Å². The minimum Gasteiger partial charge on any atom is -0.497 e. The Balaban J connectivity index is 1.36. The van der Waals surface area contributed by atoms with Crippen molar-refractivity contribution in [2.24, 2.45) is 0 Å². The fourth-order valence-corrected chi connectivity index (χ4v) is 4.28. The number of methoxy groups -OCH3 is 1. The first-order chi connectivity index (χ1) is 13.2. The van der Waals surface area contributed by atoms with Gasteiger partial charge in [-0.3, -0.25) is 4.79 Å². The molecule has 0 aliphatic carbocycles. The van der Waals surface area contributed by atoms with Crippen molar-refractivity contribution in [3.8, 4) is 16.3 Å². The molecule has 0 aliphatic rings. The highest BCUT2D eigenvalue weighted by atomic mass is 32.1. The van der Waals surface area contributed by atoms with Crippen LogP contribution in [0.4, 0.5) is 0 Å². The molecule has 0 atom stereocenters. The summed E-state index contributed by atoms with van der Waals surface area (Å²) in [6, 6.07) is 15.6. The number of aromatic nitrogens is 2. The molecule has 0 spiro atoms. The third-order valence-electron chi connectivity index (χ3n) is 3.91. The van der Waals surface area contributed by atoms with Gasteiger partial charge in [0, 0.05) is 10.9 Å². The largest absolute Gasteiger partial charge is 0.497 e. The molecule has 0 saturated carbocycles. The second kappa shape index (κ2) is 7.85. The first-order valence-electron chi connectivity index (χ1n) is 8.30. The molecule has 2 heterocycles. The molecular formula is C20H16N2O3S2. The molecule has 5 nitrogen and oxygen atoms in total. The van der Waals surface area contributed by atoms with Crippen molar-refractivity contribution in [1.82, 2.24) is 9.97 Å². The Labute approximate surface area is 164 Å². The average Bonchev–Trinajstić information content (AvgIpc) is 3.33. The second-order valence-corrected chi connectivity index (χ2v) is 7.76. The molecule has 0 N–H and O–H groups in total. The maximum absolute atomic E-state index is 12.1. The van der Waals surface area contributed by atoms with Crippen LogP contribution in [0.25, 0.3) is 20.8 Å². The van der Waals surface area contributed by atoms with Gasteiger partial charge >= 0.3 is 5.97 Å². The van der Waals surface area contributed by atoms with Crippen molar-refractivity contribution < 1.29 is 14.3 Å². The summed E-state index contributed by atoms with van der Waals surface area (Å²) in [6.45, 7) is 0.188. The van der Waals surface area contributed by atoms with E-state index in [0.29, 0.717) is 5.69 Å². The minimum atomic E-state index is -0.305. The normalized spacial score (nSPS) is 10.9. The SMILES string of the molecule is COc1ccc(-c2nc(CC(=O)OCc3nc4ccccc4s3)cs2)cc1. The van der Waals surface area contributed by atoms with E-state index in [1.165, 1.54) is 22.7 Å². The van der Waals surface area contributed by atoms with Crippen LogP contribution in [-0.4, -0.2) is 23.0 Å². The van der Waals surface area contributed by atoms with E-state index in [9.17, 15) is 4.79 Å². The molecule has 27 heavy (non-hydrogen) atoms. The average molecular weight is 396 g/mol. The highest BCUT2D eigenvalue weighted by Gasteiger charge is 2.12. The van der Waals surface area contributed by atoms with E-state index in [0.717, 1.165) is 31.5 Å². The number of ether oxygens (including phenoxy) is 2. The molecule has 0 unspecified atom stereocenters. The number of hydrogen-bond acceptors (Lipinski definition) is 7. The Bertz CT molecular complexity index is 1040. The Morgan fingerprint density at radius 1 is 1.07 bits per heavy atom. The highest BCUT2D eigenvalue weighted by molar-refractivity contribution is 7.18. The summed E-state index contributed by atoms with van der Waals surface area (Å²) in [7, 11) is 1.64. The Morgan fingerprint density at radius 2 is 1.89 bits per heavy atom. The van der Waals surface area contributed by atoms with Gasteiger partial charge in [-0.2, -0.15) is 0 Å². The topological polar surface area (TPSA) is 61.3 Å². The Kier molecular flexibility index (Phi) is 5.13. The molecule has 0 saturated heterocycles. The van der Waals surface area contributed by atoms with Crippen molar-refractivity contribution in [2.75, 3.05) is 7.11 Å².